The standard InChI is InChI=1S/C12H13F4N.ClH/c13-11-9(8-4-6-17-7-5-8)2-1-3-10(11)12(14,15)16;/h1-3,8,17H,4-7H2;1H. The van der Waals surface area contributed by atoms with Gasteiger partial charge < -0.3 is 5.32 Å². The zero-order chi connectivity index (χ0) is 12.5. The van der Waals surface area contributed by atoms with E-state index in [2.05, 4.69) is 5.32 Å². The molecule has 1 aliphatic rings. The largest absolute Gasteiger partial charge is 0.419 e. The third-order valence-corrected chi connectivity index (χ3v) is 3.11. The summed E-state index contributed by atoms with van der Waals surface area (Å²) >= 11 is 0. The lowest BCUT2D eigenvalue weighted by molar-refractivity contribution is -0.140. The van der Waals surface area contributed by atoms with E-state index in [4.69, 9.17) is 0 Å². The van der Waals surface area contributed by atoms with Crippen molar-refractivity contribution in [3.8, 4) is 0 Å². The minimum Gasteiger partial charge on any atom is -0.317 e. The van der Waals surface area contributed by atoms with Crippen molar-refractivity contribution >= 4 is 12.4 Å². The number of piperidine rings is 1. The van der Waals surface area contributed by atoms with Crippen LogP contribution in [0.15, 0.2) is 18.2 Å². The van der Waals surface area contributed by atoms with Crippen LogP contribution in [0.4, 0.5) is 17.6 Å². The first-order chi connectivity index (χ1) is 8.00. The van der Waals surface area contributed by atoms with Crippen molar-refractivity contribution in [2.75, 3.05) is 13.1 Å². The molecule has 1 aromatic rings. The Labute approximate surface area is 109 Å². The number of rotatable bonds is 1. The fourth-order valence-corrected chi connectivity index (χ4v) is 2.22. The molecule has 2 rings (SSSR count). The Bertz CT molecular complexity index is 400. The van der Waals surface area contributed by atoms with E-state index in [0.29, 0.717) is 12.8 Å². The summed E-state index contributed by atoms with van der Waals surface area (Å²) in [6.45, 7) is 1.45. The summed E-state index contributed by atoms with van der Waals surface area (Å²) in [6, 6.07) is 3.53. The fourth-order valence-electron chi connectivity index (χ4n) is 2.22. The summed E-state index contributed by atoms with van der Waals surface area (Å²) in [6.07, 6.45) is -3.26. The van der Waals surface area contributed by atoms with Gasteiger partial charge in [0.05, 0.1) is 5.56 Å². The number of benzene rings is 1. The minimum atomic E-state index is -4.62. The third-order valence-electron chi connectivity index (χ3n) is 3.11. The van der Waals surface area contributed by atoms with E-state index in [-0.39, 0.29) is 23.9 Å². The summed E-state index contributed by atoms with van der Waals surface area (Å²) < 4.78 is 51.4. The van der Waals surface area contributed by atoms with E-state index in [9.17, 15) is 17.6 Å². The first-order valence-corrected chi connectivity index (χ1v) is 5.56. The van der Waals surface area contributed by atoms with Crippen LogP contribution in [0.5, 0.6) is 0 Å². The van der Waals surface area contributed by atoms with Gasteiger partial charge in [-0.05, 0) is 43.5 Å². The molecule has 1 nitrogen and oxygen atoms in total. The van der Waals surface area contributed by atoms with Gasteiger partial charge >= 0.3 is 6.18 Å². The van der Waals surface area contributed by atoms with Crippen molar-refractivity contribution in [2.24, 2.45) is 0 Å². The van der Waals surface area contributed by atoms with Gasteiger partial charge in [-0.25, -0.2) is 4.39 Å². The van der Waals surface area contributed by atoms with Gasteiger partial charge in [-0.1, -0.05) is 12.1 Å². The number of nitrogens with one attached hydrogen (secondary N) is 1. The molecule has 0 aliphatic carbocycles. The smallest absolute Gasteiger partial charge is 0.317 e. The van der Waals surface area contributed by atoms with Crippen molar-refractivity contribution in [1.29, 1.82) is 0 Å². The molecule has 1 aromatic carbocycles. The molecule has 1 saturated heterocycles. The Hall–Kier alpha value is -0.810. The van der Waals surface area contributed by atoms with Crippen LogP contribution in [0.25, 0.3) is 0 Å². The van der Waals surface area contributed by atoms with Crippen molar-refractivity contribution in [1.82, 2.24) is 5.32 Å². The highest BCUT2D eigenvalue weighted by Crippen LogP contribution is 2.36. The summed E-state index contributed by atoms with van der Waals surface area (Å²) in [5.41, 5.74) is -0.963. The zero-order valence-electron chi connectivity index (χ0n) is 9.56. The second-order valence-electron chi connectivity index (χ2n) is 4.23. The summed E-state index contributed by atoms with van der Waals surface area (Å²) in [5, 5.41) is 3.10. The molecule has 1 N–H and O–H groups in total. The fraction of sp³-hybridized carbons (Fsp3) is 0.500. The molecule has 0 bridgehead atoms. The van der Waals surface area contributed by atoms with Gasteiger partial charge in [0.25, 0.3) is 0 Å². The molecule has 0 amide bonds. The molecule has 0 atom stereocenters. The second kappa shape index (κ2) is 5.89. The Kier molecular flexibility index (Phi) is 4.99. The topological polar surface area (TPSA) is 12.0 Å². The molecule has 1 heterocycles. The van der Waals surface area contributed by atoms with Crippen LogP contribution >= 0.6 is 12.4 Å². The quantitative estimate of drug-likeness (QED) is 0.774. The lowest BCUT2D eigenvalue weighted by Crippen LogP contribution is -2.27. The minimum absolute atomic E-state index is 0. The van der Waals surface area contributed by atoms with Crippen LogP contribution in [0.1, 0.15) is 29.9 Å². The highest BCUT2D eigenvalue weighted by molar-refractivity contribution is 5.85. The van der Waals surface area contributed by atoms with Crippen LogP contribution in [0.2, 0.25) is 0 Å². The molecule has 0 aromatic heterocycles. The highest BCUT2D eigenvalue weighted by Gasteiger charge is 2.35. The van der Waals surface area contributed by atoms with E-state index in [1.54, 1.807) is 0 Å². The Morgan fingerprint density at radius 3 is 2.28 bits per heavy atom. The van der Waals surface area contributed by atoms with Gasteiger partial charge in [-0.15, -0.1) is 12.4 Å². The molecule has 0 saturated carbocycles. The molecule has 6 heteroatoms. The van der Waals surface area contributed by atoms with Crippen LogP contribution in [0.3, 0.4) is 0 Å². The van der Waals surface area contributed by atoms with Gasteiger partial charge in [-0.3, -0.25) is 0 Å². The number of hydrogen-bond donors (Lipinski definition) is 1. The maximum Gasteiger partial charge on any atom is 0.419 e. The van der Waals surface area contributed by atoms with Crippen LogP contribution in [-0.4, -0.2) is 13.1 Å². The number of alkyl halides is 3. The number of hydrogen-bond acceptors (Lipinski definition) is 1. The molecule has 1 aliphatic heterocycles. The monoisotopic (exact) mass is 283 g/mol. The van der Waals surface area contributed by atoms with Gasteiger partial charge in [0, 0.05) is 0 Å². The summed E-state index contributed by atoms with van der Waals surface area (Å²) in [5.74, 6) is -1.22. The van der Waals surface area contributed by atoms with Crippen molar-refractivity contribution in [3.63, 3.8) is 0 Å². The predicted molar refractivity (Wildman–Crippen MR) is 63.5 cm³/mol. The summed E-state index contributed by atoms with van der Waals surface area (Å²) in [7, 11) is 0. The third kappa shape index (κ3) is 3.14. The van der Waals surface area contributed by atoms with E-state index < -0.39 is 17.6 Å². The molecular weight excluding hydrogens is 270 g/mol. The summed E-state index contributed by atoms with van der Waals surface area (Å²) in [4.78, 5) is 0. The van der Waals surface area contributed by atoms with E-state index >= 15 is 0 Å². The van der Waals surface area contributed by atoms with Crippen LogP contribution in [0, 0.1) is 5.82 Å². The van der Waals surface area contributed by atoms with Gasteiger partial charge in [0.2, 0.25) is 0 Å². The van der Waals surface area contributed by atoms with Crippen LogP contribution < -0.4 is 5.32 Å². The number of halogens is 5. The van der Waals surface area contributed by atoms with Gasteiger partial charge in [0.15, 0.2) is 0 Å². The maximum atomic E-state index is 13.8. The molecular formula is C12H14ClF4N. The molecule has 1 fully saturated rings. The molecule has 0 radical (unpaired) electrons. The SMILES string of the molecule is Cl.Fc1c(C2CCNCC2)cccc1C(F)(F)F. The normalized spacial score (nSPS) is 17.3. The van der Waals surface area contributed by atoms with E-state index in [1.165, 1.54) is 12.1 Å². The van der Waals surface area contributed by atoms with Crippen LogP contribution in [-0.2, 0) is 6.18 Å². The Morgan fingerprint density at radius 2 is 1.72 bits per heavy atom. The average molecular weight is 284 g/mol. The van der Waals surface area contributed by atoms with E-state index in [0.717, 1.165) is 19.2 Å². The molecule has 18 heavy (non-hydrogen) atoms. The lowest BCUT2D eigenvalue weighted by Gasteiger charge is -2.24. The Morgan fingerprint density at radius 1 is 1.11 bits per heavy atom. The molecule has 102 valence electrons. The maximum absolute atomic E-state index is 13.8. The highest BCUT2D eigenvalue weighted by atomic mass is 35.5. The molecule has 0 unspecified atom stereocenters. The molecule has 0 spiro atoms. The van der Waals surface area contributed by atoms with Gasteiger partial charge in [-0.2, -0.15) is 13.2 Å². The first-order valence-electron chi connectivity index (χ1n) is 5.56. The van der Waals surface area contributed by atoms with Crippen molar-refractivity contribution in [2.45, 2.75) is 24.9 Å². The second-order valence-corrected chi connectivity index (χ2v) is 4.23. The zero-order valence-corrected chi connectivity index (χ0v) is 10.4. The van der Waals surface area contributed by atoms with Crippen molar-refractivity contribution < 1.29 is 17.6 Å². The van der Waals surface area contributed by atoms with E-state index in [1.807, 2.05) is 0 Å². The lowest BCUT2D eigenvalue weighted by atomic mass is 9.89. The predicted octanol–water partition coefficient (Wildman–Crippen LogP) is 3.73. The van der Waals surface area contributed by atoms with Crippen molar-refractivity contribution in [3.05, 3.63) is 35.1 Å². The Balaban J connectivity index is 0.00000162. The first kappa shape index (κ1) is 15.2. The van der Waals surface area contributed by atoms with Gasteiger partial charge in [0.1, 0.15) is 5.82 Å². The average Bonchev–Trinajstić information content (AvgIpc) is 2.29.